The third-order valence-corrected chi connectivity index (χ3v) is 5.49. The molecule has 3 heterocycles. The fraction of sp³-hybridized carbons (Fsp3) is 0.261. The molecule has 0 aliphatic carbocycles. The number of likely N-dealkylation sites (tertiary alicyclic amines) is 1. The van der Waals surface area contributed by atoms with Gasteiger partial charge < -0.3 is 4.52 Å². The molecule has 1 aliphatic rings. The van der Waals surface area contributed by atoms with Gasteiger partial charge in [-0.25, -0.2) is 0 Å². The van der Waals surface area contributed by atoms with Gasteiger partial charge in [0.25, 0.3) is 0 Å². The van der Waals surface area contributed by atoms with Crippen molar-refractivity contribution in [2.75, 3.05) is 13.1 Å². The Morgan fingerprint density at radius 2 is 1.86 bits per heavy atom. The highest BCUT2D eigenvalue weighted by molar-refractivity contribution is 5.78. The second kappa shape index (κ2) is 7.17. The minimum atomic E-state index is 0.283. The van der Waals surface area contributed by atoms with Crippen molar-refractivity contribution in [3.05, 3.63) is 77.8 Å². The number of para-hydroxylation sites is 1. The molecule has 2 aromatic heterocycles. The number of fused-ring (bicyclic) bond motifs is 1. The molecule has 0 bridgehead atoms. The van der Waals surface area contributed by atoms with Gasteiger partial charge in [-0.15, -0.1) is 0 Å². The maximum atomic E-state index is 5.61. The lowest BCUT2D eigenvalue weighted by molar-refractivity contribution is 0.306. The molecule has 140 valence electrons. The van der Waals surface area contributed by atoms with Crippen LogP contribution >= 0.6 is 0 Å². The predicted molar refractivity (Wildman–Crippen MR) is 109 cm³/mol. The lowest BCUT2D eigenvalue weighted by atomic mass is 10.1. The van der Waals surface area contributed by atoms with Crippen LogP contribution in [-0.2, 0) is 6.54 Å². The molecular weight excluding hydrogens is 348 g/mol. The van der Waals surface area contributed by atoms with Gasteiger partial charge in [0, 0.05) is 24.0 Å². The molecule has 1 saturated heterocycles. The van der Waals surface area contributed by atoms with Crippen LogP contribution in [0.2, 0.25) is 0 Å². The summed E-state index contributed by atoms with van der Waals surface area (Å²) in [5.41, 5.74) is 4.35. The molecule has 28 heavy (non-hydrogen) atoms. The van der Waals surface area contributed by atoms with Crippen LogP contribution in [0.1, 0.15) is 29.5 Å². The summed E-state index contributed by atoms with van der Waals surface area (Å²) in [4.78, 5) is 11.9. The van der Waals surface area contributed by atoms with Crippen LogP contribution in [-0.4, -0.2) is 33.1 Å². The summed E-state index contributed by atoms with van der Waals surface area (Å²) in [6, 6.07) is 20.7. The summed E-state index contributed by atoms with van der Waals surface area (Å²) in [6.45, 7) is 4.85. The molecule has 5 nitrogen and oxygen atoms in total. The van der Waals surface area contributed by atoms with Gasteiger partial charge in [-0.05, 0) is 37.6 Å². The molecule has 5 heteroatoms. The number of aromatic nitrogens is 3. The number of nitrogens with zero attached hydrogens (tertiary/aromatic N) is 4. The Bertz CT molecular complexity index is 1120. The summed E-state index contributed by atoms with van der Waals surface area (Å²) in [5, 5.41) is 5.40. The normalized spacial score (nSPS) is 17.4. The number of benzene rings is 2. The molecule has 4 aromatic rings. The third-order valence-electron chi connectivity index (χ3n) is 5.49. The van der Waals surface area contributed by atoms with Crippen molar-refractivity contribution in [2.45, 2.75) is 25.8 Å². The average Bonchev–Trinajstić information content (AvgIpc) is 3.38. The van der Waals surface area contributed by atoms with Gasteiger partial charge in [0.15, 0.2) is 0 Å². The first-order chi connectivity index (χ1) is 13.8. The summed E-state index contributed by atoms with van der Waals surface area (Å²) >= 11 is 0. The Kier molecular flexibility index (Phi) is 4.37. The summed E-state index contributed by atoms with van der Waals surface area (Å²) in [6.07, 6.45) is 1.03. The van der Waals surface area contributed by atoms with E-state index >= 15 is 0 Å². The molecule has 0 saturated carbocycles. The van der Waals surface area contributed by atoms with Gasteiger partial charge in [-0.2, -0.15) is 4.98 Å². The SMILES string of the molecule is Cc1ccccc1-c1noc(C2CCN(Cc3ccc4ccccc4n3)C2)n1. The maximum Gasteiger partial charge on any atom is 0.231 e. The second-order valence-electron chi connectivity index (χ2n) is 7.49. The Labute approximate surface area is 164 Å². The summed E-state index contributed by atoms with van der Waals surface area (Å²) in [7, 11) is 0. The molecule has 1 atom stereocenters. The first-order valence-electron chi connectivity index (χ1n) is 9.73. The Morgan fingerprint density at radius 1 is 1.00 bits per heavy atom. The smallest absolute Gasteiger partial charge is 0.231 e. The van der Waals surface area contributed by atoms with Crippen LogP contribution in [0.5, 0.6) is 0 Å². The number of rotatable bonds is 4. The number of pyridine rings is 1. The monoisotopic (exact) mass is 370 g/mol. The van der Waals surface area contributed by atoms with Crippen molar-refractivity contribution in [1.82, 2.24) is 20.0 Å². The molecule has 5 rings (SSSR count). The molecule has 0 radical (unpaired) electrons. The molecular formula is C23H22N4O. The predicted octanol–water partition coefficient (Wildman–Crippen LogP) is 4.58. The van der Waals surface area contributed by atoms with E-state index in [9.17, 15) is 0 Å². The number of hydrogen-bond donors (Lipinski definition) is 0. The summed E-state index contributed by atoms with van der Waals surface area (Å²) < 4.78 is 5.61. The first kappa shape index (κ1) is 17.1. The highest BCUT2D eigenvalue weighted by Gasteiger charge is 2.29. The fourth-order valence-electron chi connectivity index (χ4n) is 3.94. The topological polar surface area (TPSA) is 55.1 Å². The van der Waals surface area contributed by atoms with E-state index in [2.05, 4.69) is 52.3 Å². The fourth-order valence-corrected chi connectivity index (χ4v) is 3.94. The van der Waals surface area contributed by atoms with Gasteiger partial charge in [-0.1, -0.05) is 53.7 Å². The highest BCUT2D eigenvalue weighted by Crippen LogP contribution is 2.29. The lowest BCUT2D eigenvalue weighted by Crippen LogP contribution is -2.20. The van der Waals surface area contributed by atoms with E-state index in [0.717, 1.165) is 54.3 Å². The first-order valence-corrected chi connectivity index (χ1v) is 9.73. The molecule has 1 aliphatic heterocycles. The van der Waals surface area contributed by atoms with E-state index in [1.165, 1.54) is 5.39 Å². The molecule has 0 amide bonds. The quantitative estimate of drug-likeness (QED) is 0.526. The van der Waals surface area contributed by atoms with Crippen LogP contribution < -0.4 is 0 Å². The summed E-state index contributed by atoms with van der Waals surface area (Å²) in [5.74, 6) is 1.71. The highest BCUT2D eigenvalue weighted by atomic mass is 16.5. The minimum absolute atomic E-state index is 0.283. The van der Waals surface area contributed by atoms with Crippen LogP contribution in [0.4, 0.5) is 0 Å². The van der Waals surface area contributed by atoms with Crippen molar-refractivity contribution in [3.8, 4) is 11.4 Å². The Balaban J connectivity index is 1.29. The molecule has 0 N–H and O–H groups in total. The van der Waals surface area contributed by atoms with Gasteiger partial charge in [0.1, 0.15) is 0 Å². The minimum Gasteiger partial charge on any atom is -0.339 e. The Hall–Kier alpha value is -3.05. The van der Waals surface area contributed by atoms with Crippen molar-refractivity contribution < 1.29 is 4.52 Å². The van der Waals surface area contributed by atoms with Crippen molar-refractivity contribution in [1.29, 1.82) is 0 Å². The van der Waals surface area contributed by atoms with Gasteiger partial charge in [0.05, 0.1) is 17.1 Å². The van der Waals surface area contributed by atoms with Gasteiger partial charge in [-0.3, -0.25) is 9.88 Å². The van der Waals surface area contributed by atoms with Crippen LogP contribution in [0, 0.1) is 6.92 Å². The zero-order valence-electron chi connectivity index (χ0n) is 15.9. The van der Waals surface area contributed by atoms with Crippen molar-refractivity contribution >= 4 is 10.9 Å². The molecule has 1 unspecified atom stereocenters. The molecule has 1 fully saturated rings. The lowest BCUT2D eigenvalue weighted by Gasteiger charge is -2.14. The van der Waals surface area contributed by atoms with E-state index in [1.54, 1.807) is 0 Å². The van der Waals surface area contributed by atoms with Crippen molar-refractivity contribution in [2.24, 2.45) is 0 Å². The van der Waals surface area contributed by atoms with E-state index in [-0.39, 0.29) is 5.92 Å². The maximum absolute atomic E-state index is 5.61. The zero-order valence-corrected chi connectivity index (χ0v) is 15.9. The molecule has 0 spiro atoms. The largest absolute Gasteiger partial charge is 0.339 e. The zero-order chi connectivity index (χ0) is 18.9. The van der Waals surface area contributed by atoms with Crippen molar-refractivity contribution in [3.63, 3.8) is 0 Å². The van der Waals surface area contributed by atoms with Gasteiger partial charge in [0.2, 0.25) is 11.7 Å². The van der Waals surface area contributed by atoms with Crippen LogP contribution in [0.15, 0.2) is 65.2 Å². The van der Waals surface area contributed by atoms with Crippen LogP contribution in [0.3, 0.4) is 0 Å². The average molecular weight is 370 g/mol. The number of aryl methyl sites for hydroxylation is 1. The van der Waals surface area contributed by atoms with E-state index in [4.69, 9.17) is 9.51 Å². The molecule has 2 aromatic carbocycles. The van der Waals surface area contributed by atoms with Gasteiger partial charge >= 0.3 is 0 Å². The van der Waals surface area contributed by atoms with Crippen LogP contribution in [0.25, 0.3) is 22.3 Å². The standard InChI is InChI=1S/C23H22N4O/c1-16-6-2-4-8-20(16)22-25-23(28-26-22)18-12-13-27(14-18)15-19-11-10-17-7-3-5-9-21(17)24-19/h2-11,18H,12-15H2,1H3. The third kappa shape index (κ3) is 3.29. The van der Waals surface area contributed by atoms with E-state index in [0.29, 0.717) is 5.82 Å². The van der Waals surface area contributed by atoms with E-state index < -0.39 is 0 Å². The number of hydrogen-bond acceptors (Lipinski definition) is 5. The van der Waals surface area contributed by atoms with E-state index in [1.807, 2.05) is 30.3 Å². The Morgan fingerprint density at radius 3 is 2.79 bits per heavy atom. The second-order valence-corrected chi connectivity index (χ2v) is 7.49.